The molecule has 0 aliphatic rings. The van der Waals surface area contributed by atoms with E-state index >= 15 is 0 Å². The Morgan fingerprint density at radius 3 is 2.81 bits per heavy atom. The molecule has 0 unspecified atom stereocenters. The summed E-state index contributed by atoms with van der Waals surface area (Å²) in [5.74, 6) is -1.69. The van der Waals surface area contributed by atoms with E-state index in [-0.39, 0.29) is 34.5 Å². The number of hydrogen-bond donors (Lipinski definition) is 2. The largest absolute Gasteiger partial charge is 0.481 e. The van der Waals surface area contributed by atoms with Gasteiger partial charge in [0.05, 0.1) is 18.6 Å². The van der Waals surface area contributed by atoms with Gasteiger partial charge in [-0.25, -0.2) is 9.42 Å². The molecule has 0 saturated heterocycles. The Hall–Kier alpha value is -2.63. The van der Waals surface area contributed by atoms with E-state index in [1.165, 1.54) is 7.11 Å². The number of carbonyl (C=O) groups excluding carboxylic acids is 1. The number of nitrogens with zero attached hydrogens (tertiary/aromatic N) is 5. The van der Waals surface area contributed by atoms with Crippen LogP contribution >= 0.6 is 11.8 Å². The maximum Gasteiger partial charge on any atom is 0.360 e. The lowest BCUT2D eigenvalue weighted by Gasteiger charge is -2.04. The third kappa shape index (κ3) is 3.10. The van der Waals surface area contributed by atoms with Gasteiger partial charge < -0.3 is 15.6 Å². The van der Waals surface area contributed by atoms with Crippen molar-refractivity contribution in [2.24, 2.45) is 0 Å². The molecular formula is C9H10N6O5S. The minimum atomic E-state index is -0.985. The molecular weight excluding hydrogens is 304 g/mol. The Morgan fingerprint density at radius 1 is 1.48 bits per heavy atom. The molecule has 0 aliphatic heterocycles. The van der Waals surface area contributed by atoms with E-state index in [0.717, 1.165) is 16.4 Å². The molecule has 3 N–H and O–H groups in total. The molecule has 0 bridgehead atoms. The highest BCUT2D eigenvalue weighted by molar-refractivity contribution is 7.99. The molecule has 0 atom stereocenters. The Bertz CT molecular complexity index is 667. The number of rotatable bonds is 6. The van der Waals surface area contributed by atoms with E-state index in [9.17, 15) is 9.59 Å². The molecule has 0 fully saturated rings. The van der Waals surface area contributed by atoms with Gasteiger partial charge in [0.2, 0.25) is 11.6 Å². The van der Waals surface area contributed by atoms with Gasteiger partial charge in [-0.2, -0.15) is 4.68 Å². The molecule has 2 aromatic heterocycles. The van der Waals surface area contributed by atoms with Gasteiger partial charge >= 0.3 is 11.9 Å². The number of carboxylic acid groups (broad SMARTS) is 1. The van der Waals surface area contributed by atoms with Gasteiger partial charge in [-0.05, 0) is 10.3 Å². The van der Waals surface area contributed by atoms with Crippen molar-refractivity contribution in [3.05, 3.63) is 11.4 Å². The summed E-state index contributed by atoms with van der Waals surface area (Å²) in [5, 5.41) is 23.1. The molecule has 0 saturated carbocycles. The van der Waals surface area contributed by atoms with Gasteiger partial charge in [-0.3, -0.25) is 4.79 Å². The number of thioether (sulfide) groups is 1. The first-order valence-corrected chi connectivity index (χ1v) is 6.61. The van der Waals surface area contributed by atoms with Gasteiger partial charge in [0.25, 0.3) is 0 Å². The minimum absolute atomic E-state index is 0.0409. The number of ether oxygens (including phenoxy) is 1. The number of aliphatic carboxylic acids is 1. The third-order valence-electron chi connectivity index (χ3n) is 2.30. The molecule has 11 nitrogen and oxygen atoms in total. The molecule has 2 rings (SSSR count). The Kier molecular flexibility index (Phi) is 4.37. The summed E-state index contributed by atoms with van der Waals surface area (Å²) >= 11 is 1.05. The van der Waals surface area contributed by atoms with Crippen LogP contribution < -0.4 is 5.73 Å². The van der Waals surface area contributed by atoms with E-state index in [2.05, 4.69) is 30.0 Å². The van der Waals surface area contributed by atoms with Crippen molar-refractivity contribution < 1.29 is 24.1 Å². The Labute approximate surface area is 121 Å². The van der Waals surface area contributed by atoms with Gasteiger partial charge in [0.1, 0.15) is 0 Å². The van der Waals surface area contributed by atoms with E-state index in [4.69, 9.17) is 10.8 Å². The van der Waals surface area contributed by atoms with Gasteiger partial charge in [-0.15, -0.1) is 16.9 Å². The highest BCUT2D eigenvalue weighted by Gasteiger charge is 2.24. The van der Waals surface area contributed by atoms with Crippen LogP contribution in [-0.4, -0.2) is 55.2 Å². The summed E-state index contributed by atoms with van der Waals surface area (Å²) in [6.07, 6.45) is 0. The predicted octanol–water partition coefficient (Wildman–Crippen LogP) is -0.663. The van der Waals surface area contributed by atoms with Crippen LogP contribution in [0.4, 0.5) is 5.82 Å². The lowest BCUT2D eigenvalue weighted by atomic mass is 10.3. The van der Waals surface area contributed by atoms with Crippen molar-refractivity contribution in [2.75, 3.05) is 18.6 Å². The third-order valence-corrected chi connectivity index (χ3v) is 3.23. The van der Waals surface area contributed by atoms with Crippen molar-refractivity contribution in [2.45, 2.75) is 5.75 Å². The summed E-state index contributed by atoms with van der Waals surface area (Å²) in [6, 6.07) is 0. The summed E-state index contributed by atoms with van der Waals surface area (Å²) < 4.78 is 10.2. The normalized spacial score (nSPS) is 10.5. The number of carbonyl (C=O) groups is 2. The number of hydrogen-bond acceptors (Lipinski definition) is 10. The van der Waals surface area contributed by atoms with Crippen LogP contribution in [-0.2, 0) is 15.3 Å². The first kappa shape index (κ1) is 14.8. The first-order chi connectivity index (χ1) is 10.0. The zero-order valence-electron chi connectivity index (χ0n) is 10.7. The second kappa shape index (κ2) is 6.21. The van der Waals surface area contributed by atoms with E-state index in [1.54, 1.807) is 0 Å². The van der Waals surface area contributed by atoms with Crippen LogP contribution in [0.5, 0.6) is 0 Å². The minimum Gasteiger partial charge on any atom is -0.481 e. The molecule has 2 heterocycles. The smallest absolute Gasteiger partial charge is 0.360 e. The second-order valence-corrected chi connectivity index (χ2v) is 4.63. The fourth-order valence-electron chi connectivity index (χ4n) is 1.43. The fourth-order valence-corrected chi connectivity index (χ4v) is 2.16. The molecule has 112 valence electrons. The Morgan fingerprint density at radius 2 is 2.24 bits per heavy atom. The summed E-state index contributed by atoms with van der Waals surface area (Å²) in [7, 11) is 1.20. The number of anilines is 1. The van der Waals surface area contributed by atoms with Crippen LogP contribution in [0, 0.1) is 0 Å². The number of nitrogens with two attached hydrogens (primary N) is 1. The van der Waals surface area contributed by atoms with Crippen LogP contribution in [0.3, 0.4) is 0 Å². The highest BCUT2D eigenvalue weighted by Crippen LogP contribution is 2.20. The van der Waals surface area contributed by atoms with Gasteiger partial charge in [-0.1, -0.05) is 5.21 Å². The number of methoxy groups -OCH3 is 1. The van der Waals surface area contributed by atoms with Crippen molar-refractivity contribution in [1.29, 1.82) is 0 Å². The lowest BCUT2D eigenvalue weighted by molar-refractivity contribution is -0.133. The fraction of sp³-hybridized carbons (Fsp3) is 0.333. The molecule has 0 radical (unpaired) electrons. The van der Waals surface area contributed by atoms with Crippen LogP contribution in [0.2, 0.25) is 0 Å². The number of esters is 1. The van der Waals surface area contributed by atoms with E-state index in [0.29, 0.717) is 0 Å². The Balaban J connectivity index is 2.36. The molecule has 0 aromatic carbocycles. The zero-order valence-corrected chi connectivity index (χ0v) is 11.5. The highest BCUT2D eigenvalue weighted by atomic mass is 32.2. The number of nitrogen functional groups attached to an aromatic ring is 1. The van der Waals surface area contributed by atoms with E-state index in [1.807, 2.05) is 0 Å². The maximum atomic E-state index is 11.6. The SMILES string of the molecule is COC(=O)c1nnn(-c2nonc2N)c1CSCC(=O)O. The first-order valence-electron chi connectivity index (χ1n) is 5.45. The molecule has 0 aliphatic carbocycles. The molecule has 12 heteroatoms. The number of carboxylic acids is 1. The van der Waals surface area contributed by atoms with E-state index < -0.39 is 11.9 Å². The van der Waals surface area contributed by atoms with Gasteiger partial charge in [0, 0.05) is 5.75 Å². The summed E-state index contributed by atoms with van der Waals surface area (Å²) in [4.78, 5) is 22.2. The molecule has 0 spiro atoms. The molecule has 21 heavy (non-hydrogen) atoms. The monoisotopic (exact) mass is 314 g/mol. The van der Waals surface area contributed by atoms with Crippen molar-refractivity contribution >= 4 is 29.5 Å². The topological polar surface area (TPSA) is 159 Å². The van der Waals surface area contributed by atoms with Crippen LogP contribution in [0.15, 0.2) is 4.63 Å². The average Bonchev–Trinajstić information content (AvgIpc) is 3.03. The van der Waals surface area contributed by atoms with Gasteiger partial charge in [0.15, 0.2) is 5.69 Å². The lowest BCUT2D eigenvalue weighted by Crippen LogP contribution is -2.10. The van der Waals surface area contributed by atoms with Crippen LogP contribution in [0.1, 0.15) is 16.2 Å². The molecule has 0 amide bonds. The van der Waals surface area contributed by atoms with Crippen molar-refractivity contribution in [3.8, 4) is 5.82 Å². The standard InChI is InChI=1S/C9H10N6O5S/c1-19-9(18)6-4(2-21-3-5(16)17)15(14-11-6)8-7(10)12-20-13-8/h2-3H2,1H3,(H2,10,12)(H,16,17). The zero-order chi connectivity index (χ0) is 15.4. The number of aromatic nitrogens is 5. The van der Waals surface area contributed by atoms with Crippen molar-refractivity contribution in [3.63, 3.8) is 0 Å². The quantitative estimate of drug-likeness (QED) is 0.651. The predicted molar refractivity (Wildman–Crippen MR) is 68.8 cm³/mol. The van der Waals surface area contributed by atoms with Crippen LogP contribution in [0.25, 0.3) is 5.82 Å². The second-order valence-electron chi connectivity index (χ2n) is 3.65. The maximum absolute atomic E-state index is 11.6. The summed E-state index contributed by atoms with van der Waals surface area (Å²) in [5.41, 5.74) is 5.79. The van der Waals surface area contributed by atoms with Crippen molar-refractivity contribution in [1.82, 2.24) is 25.3 Å². The summed E-state index contributed by atoms with van der Waals surface area (Å²) in [6.45, 7) is 0. The molecule has 2 aromatic rings. The average molecular weight is 314 g/mol.